The third-order valence-corrected chi connectivity index (χ3v) is 9.53. The van der Waals surface area contributed by atoms with Crippen molar-refractivity contribution < 1.29 is 4.57 Å². The van der Waals surface area contributed by atoms with Gasteiger partial charge in [0.15, 0.2) is 6.20 Å². The maximum Gasteiger partial charge on any atom is 0.224 e. The highest BCUT2D eigenvalue weighted by atomic mass is 15.0. The van der Waals surface area contributed by atoms with E-state index in [0.29, 0.717) is 11.3 Å². The predicted molar refractivity (Wildman–Crippen MR) is 158 cm³/mol. The number of nitrogens with zero attached hydrogens (tertiary/aromatic N) is 2. The summed E-state index contributed by atoms with van der Waals surface area (Å²) < 4.78 is 4.95. The lowest BCUT2D eigenvalue weighted by Gasteiger charge is -2.34. The Morgan fingerprint density at radius 1 is 0.865 bits per heavy atom. The van der Waals surface area contributed by atoms with Crippen LogP contribution >= 0.6 is 0 Å². The highest BCUT2D eigenvalue weighted by Gasteiger charge is 2.30. The van der Waals surface area contributed by atoms with Crippen molar-refractivity contribution in [3.63, 3.8) is 0 Å². The van der Waals surface area contributed by atoms with Gasteiger partial charge in [-0.05, 0) is 89.6 Å². The number of benzene rings is 3. The smallest absolute Gasteiger partial charge is 0.224 e. The molecule has 7 rings (SSSR count). The van der Waals surface area contributed by atoms with Crippen LogP contribution in [0.2, 0.25) is 0 Å². The molecule has 2 nitrogen and oxygen atoms in total. The number of hydrogen-bond acceptors (Lipinski definition) is 0. The molecule has 1 aliphatic rings. The molecule has 1 saturated carbocycles. The van der Waals surface area contributed by atoms with E-state index in [-0.39, 0.29) is 5.41 Å². The van der Waals surface area contributed by atoms with Gasteiger partial charge in [0, 0.05) is 16.8 Å². The van der Waals surface area contributed by atoms with Crippen LogP contribution < -0.4 is 4.57 Å². The van der Waals surface area contributed by atoms with Gasteiger partial charge in [-0.3, -0.25) is 0 Å². The largest absolute Gasteiger partial charge is 0.307 e. The van der Waals surface area contributed by atoms with Gasteiger partial charge >= 0.3 is 0 Å². The Hall–Kier alpha value is -3.13. The first-order valence-electron chi connectivity index (χ1n) is 14.1. The molecule has 1 fully saturated rings. The summed E-state index contributed by atoms with van der Waals surface area (Å²) >= 11 is 0. The minimum atomic E-state index is 0.119. The van der Waals surface area contributed by atoms with Crippen LogP contribution in [0.5, 0.6) is 0 Å². The molecule has 3 heterocycles. The minimum absolute atomic E-state index is 0.119. The summed E-state index contributed by atoms with van der Waals surface area (Å²) in [5.41, 5.74) is 10.3. The van der Waals surface area contributed by atoms with Crippen LogP contribution in [-0.2, 0) is 12.5 Å². The molecule has 0 amide bonds. The summed E-state index contributed by atoms with van der Waals surface area (Å²) in [5.74, 6) is 0.648. The lowest BCUT2D eigenvalue weighted by Crippen LogP contribution is -2.29. The predicted octanol–water partition coefficient (Wildman–Crippen LogP) is 9.10. The number of aryl methyl sites for hydroxylation is 2. The zero-order chi connectivity index (χ0) is 25.9. The summed E-state index contributed by atoms with van der Waals surface area (Å²) in [4.78, 5) is 0. The third-order valence-electron chi connectivity index (χ3n) is 9.53. The number of hydrogen-bond donors (Lipinski definition) is 0. The standard InChI is InChI=1S/C35H39N2/c1-21-8-10-26-27-20-25(34(2,3)4)9-11-28(27)37-29-19-24(22-12-15-35(5,6)16-13-22)18-23-14-17-36(7)33(31(23)29)30(21)32(26)37/h8-11,14,17-20,22H,12-13,15-16H2,1-7H3/q+1. The van der Waals surface area contributed by atoms with E-state index in [1.807, 2.05) is 0 Å². The monoisotopic (exact) mass is 487 g/mol. The molecule has 3 aromatic heterocycles. The summed E-state index contributed by atoms with van der Waals surface area (Å²) in [6.07, 6.45) is 7.47. The average molecular weight is 488 g/mol. The topological polar surface area (TPSA) is 8.29 Å². The van der Waals surface area contributed by atoms with Crippen molar-refractivity contribution in [1.82, 2.24) is 4.40 Å². The van der Waals surface area contributed by atoms with Crippen LogP contribution in [0.3, 0.4) is 0 Å². The van der Waals surface area contributed by atoms with Crippen molar-refractivity contribution in [3.8, 4) is 0 Å². The Balaban J connectivity index is 1.66. The molecule has 0 saturated heterocycles. The van der Waals surface area contributed by atoms with Crippen molar-refractivity contribution in [2.45, 2.75) is 78.6 Å². The number of pyridine rings is 2. The molecular weight excluding hydrogens is 448 g/mol. The van der Waals surface area contributed by atoms with Crippen molar-refractivity contribution in [2.75, 3.05) is 0 Å². The molecule has 0 radical (unpaired) electrons. The van der Waals surface area contributed by atoms with E-state index in [2.05, 4.69) is 112 Å². The van der Waals surface area contributed by atoms with Crippen molar-refractivity contribution in [3.05, 3.63) is 71.4 Å². The SMILES string of the molecule is Cc1ccc2c3cc(C(C)(C)C)ccc3n3c4cc(C5CCC(C)(C)CC5)cc5cc[n+](C)c(c1c23)c54. The molecule has 0 bridgehead atoms. The van der Waals surface area contributed by atoms with E-state index < -0.39 is 0 Å². The maximum atomic E-state index is 2.60. The molecule has 3 aromatic carbocycles. The summed E-state index contributed by atoms with van der Waals surface area (Å²) in [7, 11) is 2.21. The van der Waals surface area contributed by atoms with Gasteiger partial charge in [-0.15, -0.1) is 0 Å². The van der Waals surface area contributed by atoms with Crippen LogP contribution in [-0.4, -0.2) is 4.40 Å². The van der Waals surface area contributed by atoms with E-state index in [9.17, 15) is 0 Å². The second-order valence-corrected chi connectivity index (χ2v) is 13.7. The van der Waals surface area contributed by atoms with Gasteiger partial charge in [0.1, 0.15) is 7.05 Å². The van der Waals surface area contributed by atoms with Crippen LogP contribution in [0, 0.1) is 12.3 Å². The lowest BCUT2D eigenvalue weighted by atomic mass is 9.71. The highest BCUT2D eigenvalue weighted by Crippen LogP contribution is 2.46. The Labute approximate surface area is 220 Å². The second-order valence-electron chi connectivity index (χ2n) is 13.7. The van der Waals surface area contributed by atoms with Crippen molar-refractivity contribution in [1.29, 1.82) is 0 Å². The Bertz CT molecular complexity index is 1850. The first kappa shape index (κ1) is 23.0. The number of fused-ring (bicyclic) bond motifs is 5. The molecule has 188 valence electrons. The zero-order valence-electron chi connectivity index (χ0n) is 23.5. The number of aromatic nitrogens is 2. The average Bonchev–Trinajstić information content (AvgIpc) is 3.18. The third kappa shape index (κ3) is 3.27. The molecule has 37 heavy (non-hydrogen) atoms. The van der Waals surface area contributed by atoms with Crippen molar-refractivity contribution in [2.24, 2.45) is 12.5 Å². The van der Waals surface area contributed by atoms with E-state index in [0.717, 1.165) is 0 Å². The maximum absolute atomic E-state index is 2.60. The van der Waals surface area contributed by atoms with E-state index in [4.69, 9.17) is 0 Å². The van der Waals surface area contributed by atoms with Gasteiger partial charge in [0.25, 0.3) is 0 Å². The Morgan fingerprint density at radius 2 is 1.62 bits per heavy atom. The van der Waals surface area contributed by atoms with E-state index in [1.165, 1.54) is 91.4 Å². The summed E-state index contributed by atoms with van der Waals surface area (Å²) in [5, 5.41) is 6.90. The van der Waals surface area contributed by atoms with Crippen LogP contribution in [0.1, 0.15) is 82.9 Å². The molecule has 0 aliphatic heterocycles. The fourth-order valence-corrected chi connectivity index (χ4v) is 7.17. The fourth-order valence-electron chi connectivity index (χ4n) is 7.17. The normalized spacial score (nSPS) is 17.3. The molecule has 0 N–H and O–H groups in total. The number of rotatable bonds is 1. The Morgan fingerprint density at radius 3 is 2.35 bits per heavy atom. The molecule has 1 aliphatic carbocycles. The van der Waals surface area contributed by atoms with Crippen LogP contribution in [0.15, 0.2) is 54.7 Å². The quantitative estimate of drug-likeness (QED) is 0.124. The van der Waals surface area contributed by atoms with Crippen LogP contribution in [0.4, 0.5) is 0 Å². The van der Waals surface area contributed by atoms with E-state index >= 15 is 0 Å². The lowest BCUT2D eigenvalue weighted by molar-refractivity contribution is -0.643. The first-order chi connectivity index (χ1) is 17.5. The van der Waals surface area contributed by atoms with Gasteiger partial charge < -0.3 is 4.40 Å². The fraction of sp³-hybridized carbons (Fsp3) is 0.400. The van der Waals surface area contributed by atoms with E-state index in [1.54, 1.807) is 0 Å². The van der Waals surface area contributed by atoms with Crippen LogP contribution in [0.25, 0.3) is 49.0 Å². The van der Waals surface area contributed by atoms with Gasteiger partial charge in [0.2, 0.25) is 5.52 Å². The summed E-state index contributed by atoms with van der Waals surface area (Å²) in [6, 6.07) is 19.3. The molecular formula is C35H39N2+. The summed E-state index contributed by atoms with van der Waals surface area (Å²) in [6.45, 7) is 14.1. The Kier molecular flexibility index (Phi) is 4.65. The molecule has 0 atom stereocenters. The zero-order valence-corrected chi connectivity index (χ0v) is 23.5. The van der Waals surface area contributed by atoms with Gasteiger partial charge in [-0.1, -0.05) is 58.9 Å². The van der Waals surface area contributed by atoms with Gasteiger partial charge in [-0.2, -0.15) is 0 Å². The van der Waals surface area contributed by atoms with Gasteiger partial charge in [-0.25, -0.2) is 4.57 Å². The first-order valence-corrected chi connectivity index (χ1v) is 14.1. The van der Waals surface area contributed by atoms with Crippen molar-refractivity contribution >= 4 is 49.0 Å². The second kappa shape index (κ2) is 7.47. The molecule has 0 unspecified atom stereocenters. The molecule has 0 spiro atoms. The molecule has 6 aromatic rings. The molecule has 2 heteroatoms. The van der Waals surface area contributed by atoms with Gasteiger partial charge in [0.05, 0.1) is 27.3 Å². The minimum Gasteiger partial charge on any atom is -0.307 e. The highest BCUT2D eigenvalue weighted by molar-refractivity contribution is 6.25.